The molecule has 0 aromatic carbocycles. The summed E-state index contributed by atoms with van der Waals surface area (Å²) in [5, 5.41) is 0. The van der Waals surface area contributed by atoms with Gasteiger partial charge in [-0.3, -0.25) is 0 Å². The van der Waals surface area contributed by atoms with Gasteiger partial charge in [0.15, 0.2) is 0 Å². The Hall–Kier alpha value is 0.700. The van der Waals surface area contributed by atoms with Crippen molar-refractivity contribution in [3.63, 3.8) is 0 Å². The highest BCUT2D eigenvalue weighted by atomic mass is 33.1. The summed E-state index contributed by atoms with van der Waals surface area (Å²) < 4.78 is 0.501. The lowest BCUT2D eigenvalue weighted by atomic mass is 9.90. The van der Waals surface area contributed by atoms with Gasteiger partial charge in [0, 0.05) is 4.75 Å². The molecule has 0 radical (unpaired) electrons. The van der Waals surface area contributed by atoms with Crippen LogP contribution in [0.3, 0.4) is 0 Å². The van der Waals surface area contributed by atoms with Crippen LogP contribution in [0.2, 0.25) is 0 Å². The minimum Gasteiger partial charge on any atom is -0.111 e. The van der Waals surface area contributed by atoms with E-state index in [9.17, 15) is 0 Å². The molecular formula is C7H14S2. The van der Waals surface area contributed by atoms with Crippen LogP contribution in [-0.2, 0) is 0 Å². The third-order valence-electron chi connectivity index (χ3n) is 2.13. The third-order valence-corrected chi connectivity index (χ3v) is 4.30. The minimum atomic E-state index is 0.501. The van der Waals surface area contributed by atoms with Gasteiger partial charge in [0.05, 0.1) is 0 Å². The second-order valence-corrected chi connectivity index (χ2v) is 4.82. The van der Waals surface area contributed by atoms with Crippen LogP contribution in [0, 0.1) is 0 Å². The lowest BCUT2D eigenvalue weighted by Crippen LogP contribution is -2.21. The highest BCUT2D eigenvalue weighted by Crippen LogP contribution is 2.40. The first-order chi connectivity index (χ1) is 4.27. The molecule has 0 aromatic rings. The van der Waals surface area contributed by atoms with Crippen LogP contribution in [0.5, 0.6) is 0 Å². The number of hydrogen-bond donors (Lipinski definition) is 1. The third kappa shape index (κ3) is 2.08. The molecule has 9 heavy (non-hydrogen) atoms. The number of thiol groups is 1. The first-order valence-electron chi connectivity index (χ1n) is 3.59. The topological polar surface area (TPSA) is 0 Å². The lowest BCUT2D eigenvalue weighted by Gasteiger charge is -2.30. The van der Waals surface area contributed by atoms with E-state index in [1.165, 1.54) is 32.1 Å². The molecule has 1 aliphatic carbocycles. The first kappa shape index (κ1) is 7.80. The van der Waals surface area contributed by atoms with Crippen LogP contribution < -0.4 is 0 Å². The predicted molar refractivity (Wildman–Crippen MR) is 48.1 cm³/mol. The Balaban J connectivity index is 2.37. The zero-order chi connectivity index (χ0) is 6.74. The van der Waals surface area contributed by atoms with Crippen molar-refractivity contribution in [3.05, 3.63) is 0 Å². The molecule has 1 rings (SSSR count). The molecule has 0 aromatic heterocycles. The van der Waals surface area contributed by atoms with E-state index in [-0.39, 0.29) is 0 Å². The Morgan fingerprint density at radius 3 is 2.11 bits per heavy atom. The molecule has 0 unspecified atom stereocenters. The Kier molecular flexibility index (Phi) is 2.77. The van der Waals surface area contributed by atoms with E-state index in [0.29, 0.717) is 4.75 Å². The molecule has 1 saturated carbocycles. The fraction of sp³-hybridized carbons (Fsp3) is 1.00. The summed E-state index contributed by atoms with van der Waals surface area (Å²) in [6.45, 7) is 2.32. The summed E-state index contributed by atoms with van der Waals surface area (Å²) in [6, 6.07) is 0. The molecule has 0 bridgehead atoms. The molecule has 0 atom stereocenters. The van der Waals surface area contributed by atoms with E-state index in [1.807, 2.05) is 0 Å². The number of rotatable bonds is 1. The van der Waals surface area contributed by atoms with Gasteiger partial charge >= 0.3 is 0 Å². The summed E-state index contributed by atoms with van der Waals surface area (Å²) in [5.74, 6) is 0. The van der Waals surface area contributed by atoms with Crippen LogP contribution in [-0.4, -0.2) is 4.75 Å². The summed E-state index contributed by atoms with van der Waals surface area (Å²) in [6.07, 6.45) is 6.97. The minimum absolute atomic E-state index is 0.501. The fourth-order valence-electron chi connectivity index (χ4n) is 1.39. The SMILES string of the molecule is CC1(SS)CCCCC1. The molecule has 0 amide bonds. The smallest absolute Gasteiger partial charge is 0.0233 e. The maximum Gasteiger partial charge on any atom is 0.0233 e. The van der Waals surface area contributed by atoms with Crippen LogP contribution in [0.1, 0.15) is 39.0 Å². The lowest BCUT2D eigenvalue weighted by molar-refractivity contribution is 0.424. The van der Waals surface area contributed by atoms with Gasteiger partial charge in [0.1, 0.15) is 0 Å². The van der Waals surface area contributed by atoms with E-state index in [0.717, 1.165) is 0 Å². The van der Waals surface area contributed by atoms with Crippen molar-refractivity contribution in [2.45, 2.75) is 43.8 Å². The molecule has 0 heterocycles. The van der Waals surface area contributed by atoms with E-state index in [2.05, 4.69) is 18.6 Å². The maximum absolute atomic E-state index is 4.27. The summed E-state index contributed by atoms with van der Waals surface area (Å²) in [4.78, 5) is 0. The van der Waals surface area contributed by atoms with E-state index >= 15 is 0 Å². The quantitative estimate of drug-likeness (QED) is 0.456. The molecule has 2 heteroatoms. The van der Waals surface area contributed by atoms with E-state index < -0.39 is 0 Å². The van der Waals surface area contributed by atoms with Crippen molar-refractivity contribution in [1.82, 2.24) is 0 Å². The van der Waals surface area contributed by atoms with Gasteiger partial charge in [0.2, 0.25) is 0 Å². The number of hydrogen-bond acceptors (Lipinski definition) is 2. The van der Waals surface area contributed by atoms with Gasteiger partial charge in [-0.1, -0.05) is 30.1 Å². The van der Waals surface area contributed by atoms with E-state index in [1.54, 1.807) is 10.8 Å². The van der Waals surface area contributed by atoms with Gasteiger partial charge in [-0.05, 0) is 19.8 Å². The Morgan fingerprint density at radius 1 is 1.22 bits per heavy atom. The highest BCUT2D eigenvalue weighted by molar-refractivity contribution is 8.69. The second kappa shape index (κ2) is 3.20. The zero-order valence-electron chi connectivity index (χ0n) is 5.89. The summed E-state index contributed by atoms with van der Waals surface area (Å²) in [7, 11) is 1.74. The normalized spacial score (nSPS) is 26.0. The van der Waals surface area contributed by atoms with Crippen molar-refractivity contribution in [2.75, 3.05) is 0 Å². The highest BCUT2D eigenvalue weighted by Gasteiger charge is 2.25. The molecule has 1 fully saturated rings. The molecule has 0 saturated heterocycles. The Morgan fingerprint density at radius 2 is 1.78 bits per heavy atom. The summed E-state index contributed by atoms with van der Waals surface area (Å²) in [5.41, 5.74) is 0. The van der Waals surface area contributed by atoms with Crippen LogP contribution >= 0.6 is 22.5 Å². The molecule has 1 aliphatic rings. The van der Waals surface area contributed by atoms with Gasteiger partial charge < -0.3 is 0 Å². The molecule has 0 N–H and O–H groups in total. The standard InChI is InChI=1S/C7H14S2/c1-7(9-8)5-3-2-4-6-7/h8H,2-6H2,1H3. The molecule has 0 spiro atoms. The molecular weight excluding hydrogens is 148 g/mol. The first-order valence-corrected chi connectivity index (χ1v) is 5.46. The van der Waals surface area contributed by atoms with Gasteiger partial charge in [-0.15, -0.1) is 11.7 Å². The van der Waals surface area contributed by atoms with Gasteiger partial charge in [0.25, 0.3) is 0 Å². The Labute approximate surface area is 66.6 Å². The van der Waals surface area contributed by atoms with Crippen LogP contribution in [0.25, 0.3) is 0 Å². The van der Waals surface area contributed by atoms with Crippen LogP contribution in [0.15, 0.2) is 0 Å². The fourth-order valence-corrected chi connectivity index (χ4v) is 2.41. The van der Waals surface area contributed by atoms with Crippen molar-refractivity contribution >= 4 is 22.5 Å². The Bertz CT molecular complexity index is 84.9. The predicted octanol–water partition coefficient (Wildman–Crippen LogP) is 3.29. The van der Waals surface area contributed by atoms with Crippen molar-refractivity contribution in [2.24, 2.45) is 0 Å². The molecule has 0 aliphatic heterocycles. The van der Waals surface area contributed by atoms with Crippen molar-refractivity contribution < 1.29 is 0 Å². The van der Waals surface area contributed by atoms with Crippen molar-refractivity contribution in [1.29, 1.82) is 0 Å². The second-order valence-electron chi connectivity index (χ2n) is 3.10. The van der Waals surface area contributed by atoms with Crippen molar-refractivity contribution in [3.8, 4) is 0 Å². The monoisotopic (exact) mass is 162 g/mol. The maximum atomic E-state index is 4.27. The average Bonchev–Trinajstić information content (AvgIpc) is 1.90. The summed E-state index contributed by atoms with van der Waals surface area (Å²) >= 11 is 4.27. The molecule has 54 valence electrons. The average molecular weight is 162 g/mol. The van der Waals surface area contributed by atoms with Gasteiger partial charge in [-0.25, -0.2) is 0 Å². The van der Waals surface area contributed by atoms with Gasteiger partial charge in [-0.2, -0.15) is 0 Å². The largest absolute Gasteiger partial charge is 0.111 e. The van der Waals surface area contributed by atoms with E-state index in [4.69, 9.17) is 0 Å². The molecule has 0 nitrogen and oxygen atoms in total. The van der Waals surface area contributed by atoms with Crippen LogP contribution in [0.4, 0.5) is 0 Å². The zero-order valence-corrected chi connectivity index (χ0v) is 7.60.